The molecule has 2 heteroatoms. The fraction of sp³-hybridized carbons (Fsp3) is 0.667. The van der Waals surface area contributed by atoms with Crippen LogP contribution in [-0.4, -0.2) is 12.6 Å². The lowest BCUT2D eigenvalue weighted by molar-refractivity contribution is -0.147. The molecule has 0 rings (SSSR count). The van der Waals surface area contributed by atoms with E-state index < -0.39 is 0 Å². The zero-order valence-corrected chi connectivity index (χ0v) is 15.4. The number of hydrogen-bond acceptors (Lipinski definition) is 2. The quantitative estimate of drug-likeness (QED) is 0.211. The van der Waals surface area contributed by atoms with E-state index in [1.54, 1.807) is 0 Å². The van der Waals surface area contributed by atoms with Crippen molar-refractivity contribution in [2.75, 3.05) is 6.61 Å². The van der Waals surface area contributed by atoms with Crippen molar-refractivity contribution in [3.05, 3.63) is 36.5 Å². The third kappa shape index (κ3) is 15.4. The first-order valence-electron chi connectivity index (χ1n) is 9.33. The summed E-state index contributed by atoms with van der Waals surface area (Å²) in [5.41, 5.74) is 0. The molecule has 0 radical (unpaired) electrons. The maximum atomic E-state index is 11.5. The van der Waals surface area contributed by atoms with Crippen LogP contribution in [0.15, 0.2) is 36.5 Å². The van der Waals surface area contributed by atoms with Gasteiger partial charge in [-0.1, -0.05) is 69.6 Å². The summed E-state index contributed by atoms with van der Waals surface area (Å²) in [7, 11) is 0. The molecule has 0 fully saturated rings. The van der Waals surface area contributed by atoms with Crippen LogP contribution in [0, 0.1) is 5.92 Å². The summed E-state index contributed by atoms with van der Waals surface area (Å²) in [5.74, 6) is 0.00229. The highest BCUT2D eigenvalue weighted by Gasteiger charge is 2.12. The number of allylic oxidation sites excluding steroid dienone is 6. The summed E-state index contributed by atoms with van der Waals surface area (Å²) in [6.45, 7) is 6.47. The number of carbonyl (C=O) groups is 1. The molecule has 0 heterocycles. The molecule has 1 unspecified atom stereocenters. The van der Waals surface area contributed by atoms with E-state index in [4.69, 9.17) is 4.74 Å². The standard InChI is InChI=1S/C21H36O2/c1-4-6-7-8-9-10-11-12-13-14-15-16-17-18-19-20(3)21(22)23-5-2/h6-7,9-10,12-13,20H,4-5,8,11,14-19H2,1-3H3/b7-6-,10-9-,13-12-. The van der Waals surface area contributed by atoms with Crippen LogP contribution in [0.5, 0.6) is 0 Å². The molecule has 0 bridgehead atoms. The van der Waals surface area contributed by atoms with Gasteiger partial charge in [-0.05, 0) is 45.4 Å². The van der Waals surface area contributed by atoms with Gasteiger partial charge in [-0.15, -0.1) is 0 Å². The summed E-state index contributed by atoms with van der Waals surface area (Å²) >= 11 is 0. The van der Waals surface area contributed by atoms with E-state index in [2.05, 4.69) is 43.4 Å². The van der Waals surface area contributed by atoms with E-state index in [-0.39, 0.29) is 11.9 Å². The van der Waals surface area contributed by atoms with Gasteiger partial charge in [0.15, 0.2) is 0 Å². The smallest absolute Gasteiger partial charge is 0.308 e. The molecular weight excluding hydrogens is 284 g/mol. The number of rotatable bonds is 14. The third-order valence-corrected chi connectivity index (χ3v) is 3.73. The molecule has 23 heavy (non-hydrogen) atoms. The average Bonchev–Trinajstić information content (AvgIpc) is 2.55. The van der Waals surface area contributed by atoms with Crippen molar-refractivity contribution in [3.8, 4) is 0 Å². The molecule has 0 aromatic heterocycles. The third-order valence-electron chi connectivity index (χ3n) is 3.73. The first-order valence-corrected chi connectivity index (χ1v) is 9.33. The Bertz CT molecular complexity index is 353. The zero-order chi connectivity index (χ0) is 17.2. The van der Waals surface area contributed by atoms with E-state index in [1.165, 1.54) is 19.3 Å². The SMILES string of the molecule is CC/C=C\C/C=C\C/C=C\CCCCCCC(C)C(=O)OCC. The summed E-state index contributed by atoms with van der Waals surface area (Å²) in [6.07, 6.45) is 23.5. The lowest BCUT2D eigenvalue weighted by atomic mass is 10.0. The first-order chi connectivity index (χ1) is 11.2. The predicted octanol–water partition coefficient (Wildman–Crippen LogP) is 6.39. The average molecular weight is 321 g/mol. The molecule has 2 nitrogen and oxygen atoms in total. The number of hydrogen-bond donors (Lipinski definition) is 0. The van der Waals surface area contributed by atoms with Crippen LogP contribution in [0.2, 0.25) is 0 Å². The van der Waals surface area contributed by atoms with Crippen molar-refractivity contribution < 1.29 is 9.53 Å². The van der Waals surface area contributed by atoms with Crippen molar-refractivity contribution in [1.82, 2.24) is 0 Å². The molecule has 1 atom stereocenters. The Hall–Kier alpha value is -1.31. The molecular formula is C21H36O2. The molecule has 0 spiro atoms. The van der Waals surface area contributed by atoms with Crippen molar-refractivity contribution in [3.63, 3.8) is 0 Å². The second kappa shape index (κ2) is 17.1. The maximum Gasteiger partial charge on any atom is 0.308 e. The van der Waals surface area contributed by atoms with E-state index in [9.17, 15) is 4.79 Å². The van der Waals surface area contributed by atoms with Crippen molar-refractivity contribution >= 4 is 5.97 Å². The number of esters is 1. The minimum absolute atomic E-state index is 0.0475. The lowest BCUT2D eigenvalue weighted by Crippen LogP contribution is -2.14. The number of carbonyl (C=O) groups excluding carboxylic acids is 1. The van der Waals surface area contributed by atoms with E-state index in [1.807, 2.05) is 13.8 Å². The molecule has 0 N–H and O–H groups in total. The van der Waals surface area contributed by atoms with Crippen LogP contribution in [0.3, 0.4) is 0 Å². The van der Waals surface area contributed by atoms with Crippen molar-refractivity contribution in [1.29, 1.82) is 0 Å². The van der Waals surface area contributed by atoms with Gasteiger partial charge >= 0.3 is 5.97 Å². The topological polar surface area (TPSA) is 26.3 Å². The van der Waals surface area contributed by atoms with Gasteiger partial charge in [-0.3, -0.25) is 4.79 Å². The van der Waals surface area contributed by atoms with Gasteiger partial charge in [0.1, 0.15) is 0 Å². The molecule has 0 saturated carbocycles. The van der Waals surface area contributed by atoms with Gasteiger partial charge in [-0.25, -0.2) is 0 Å². The van der Waals surface area contributed by atoms with Crippen LogP contribution in [-0.2, 0) is 9.53 Å². The second-order valence-corrected chi connectivity index (χ2v) is 5.94. The molecule has 0 aliphatic heterocycles. The number of ether oxygens (including phenoxy) is 1. The van der Waals surface area contributed by atoms with E-state index in [0.717, 1.165) is 38.5 Å². The highest BCUT2D eigenvalue weighted by Crippen LogP contribution is 2.13. The molecule has 0 aromatic carbocycles. The fourth-order valence-corrected chi connectivity index (χ4v) is 2.30. The summed E-state index contributed by atoms with van der Waals surface area (Å²) in [4.78, 5) is 11.5. The molecule has 0 aromatic rings. The van der Waals surface area contributed by atoms with Gasteiger partial charge in [0.2, 0.25) is 0 Å². The zero-order valence-electron chi connectivity index (χ0n) is 15.4. The van der Waals surface area contributed by atoms with Crippen LogP contribution >= 0.6 is 0 Å². The lowest BCUT2D eigenvalue weighted by Gasteiger charge is -2.09. The van der Waals surface area contributed by atoms with Gasteiger partial charge in [0.05, 0.1) is 12.5 Å². The minimum atomic E-state index is -0.0475. The van der Waals surface area contributed by atoms with Gasteiger partial charge in [0, 0.05) is 0 Å². The Labute approximate surface area is 143 Å². The minimum Gasteiger partial charge on any atom is -0.466 e. The maximum absolute atomic E-state index is 11.5. The van der Waals surface area contributed by atoms with Crippen molar-refractivity contribution in [2.45, 2.75) is 78.6 Å². The largest absolute Gasteiger partial charge is 0.466 e. The Morgan fingerprint density at radius 3 is 2.13 bits per heavy atom. The molecule has 0 saturated heterocycles. The second-order valence-electron chi connectivity index (χ2n) is 5.94. The Balaban J connectivity index is 3.40. The molecule has 0 aliphatic carbocycles. The van der Waals surface area contributed by atoms with Gasteiger partial charge < -0.3 is 4.74 Å². The summed E-state index contributed by atoms with van der Waals surface area (Å²) in [5, 5.41) is 0. The van der Waals surface area contributed by atoms with Gasteiger partial charge in [0.25, 0.3) is 0 Å². The van der Waals surface area contributed by atoms with Crippen molar-refractivity contribution in [2.24, 2.45) is 5.92 Å². The fourth-order valence-electron chi connectivity index (χ4n) is 2.30. The van der Waals surface area contributed by atoms with Crippen LogP contribution in [0.4, 0.5) is 0 Å². The highest BCUT2D eigenvalue weighted by molar-refractivity contribution is 5.71. The first kappa shape index (κ1) is 21.7. The monoisotopic (exact) mass is 320 g/mol. The molecule has 0 aliphatic rings. The normalized spacial score (nSPS) is 13.3. The van der Waals surface area contributed by atoms with Crippen LogP contribution in [0.25, 0.3) is 0 Å². The Morgan fingerprint density at radius 1 is 0.870 bits per heavy atom. The molecule has 0 amide bonds. The van der Waals surface area contributed by atoms with Crippen LogP contribution < -0.4 is 0 Å². The Morgan fingerprint density at radius 2 is 1.48 bits per heavy atom. The Kier molecular flexibility index (Phi) is 16.1. The molecule has 132 valence electrons. The van der Waals surface area contributed by atoms with Crippen LogP contribution in [0.1, 0.15) is 78.6 Å². The van der Waals surface area contributed by atoms with E-state index >= 15 is 0 Å². The summed E-state index contributed by atoms with van der Waals surface area (Å²) in [6, 6.07) is 0. The summed E-state index contributed by atoms with van der Waals surface area (Å²) < 4.78 is 5.02. The van der Waals surface area contributed by atoms with Gasteiger partial charge in [-0.2, -0.15) is 0 Å². The highest BCUT2D eigenvalue weighted by atomic mass is 16.5. The number of unbranched alkanes of at least 4 members (excludes halogenated alkanes) is 4. The van der Waals surface area contributed by atoms with E-state index in [0.29, 0.717) is 6.61 Å². The predicted molar refractivity (Wildman–Crippen MR) is 100 cm³/mol.